The molecular weight excluding hydrogens is 284 g/mol. The first-order valence-electron chi connectivity index (χ1n) is 7.95. The van der Waals surface area contributed by atoms with E-state index >= 15 is 0 Å². The Bertz CT molecular complexity index is 493. The van der Waals surface area contributed by atoms with Gasteiger partial charge in [0.05, 0.1) is 0 Å². The van der Waals surface area contributed by atoms with Crippen molar-refractivity contribution in [3.63, 3.8) is 0 Å². The van der Waals surface area contributed by atoms with Gasteiger partial charge in [0.1, 0.15) is 0 Å². The van der Waals surface area contributed by atoms with Crippen molar-refractivity contribution in [3.8, 4) is 17.2 Å². The Balaban J connectivity index is 1.94. The predicted molar refractivity (Wildman–Crippen MR) is 82.2 cm³/mol. The Hall–Kier alpha value is -1.50. The molecule has 4 N–H and O–H groups in total. The first kappa shape index (κ1) is 15.4. The number of phenols is 3. The molecule has 0 radical (unpaired) electrons. The molecule has 0 aromatic heterocycles. The van der Waals surface area contributed by atoms with Gasteiger partial charge in [-0.1, -0.05) is 0 Å². The third kappa shape index (κ3) is 2.99. The summed E-state index contributed by atoms with van der Waals surface area (Å²) >= 11 is 0. The summed E-state index contributed by atoms with van der Waals surface area (Å²) in [7, 11) is 0. The number of hydrogen-bond donors (Lipinski definition) is 4. The van der Waals surface area contributed by atoms with E-state index in [9.17, 15) is 15.3 Å². The highest BCUT2D eigenvalue weighted by Gasteiger charge is 2.33. The lowest BCUT2D eigenvalue weighted by atomic mass is 9.85. The Labute approximate surface area is 130 Å². The van der Waals surface area contributed by atoms with E-state index < -0.39 is 5.75 Å². The highest BCUT2D eigenvalue weighted by atomic mass is 16.5. The standard InChI is InChI=1S/C16H24N2O4/c19-13-2-1-12(15(20)16(13)21)14(11-3-9-22-10-4-11)18-7-5-17-6-8-18/h1-2,11,14,17,19-21H,3-10H2/t14-/m0/s1. The molecule has 6 nitrogen and oxygen atoms in total. The Morgan fingerprint density at radius 2 is 1.73 bits per heavy atom. The molecule has 6 heteroatoms. The van der Waals surface area contributed by atoms with Gasteiger partial charge in [0.25, 0.3) is 0 Å². The van der Waals surface area contributed by atoms with Gasteiger partial charge < -0.3 is 25.4 Å². The normalized spacial score (nSPS) is 22.5. The molecule has 22 heavy (non-hydrogen) atoms. The summed E-state index contributed by atoms with van der Waals surface area (Å²) in [6, 6.07) is 3.23. The lowest BCUT2D eigenvalue weighted by molar-refractivity contribution is 0.0205. The number of hydrogen-bond acceptors (Lipinski definition) is 6. The fourth-order valence-electron chi connectivity index (χ4n) is 3.56. The molecule has 122 valence electrons. The molecule has 2 aliphatic heterocycles. The first-order valence-corrected chi connectivity index (χ1v) is 7.95. The van der Waals surface area contributed by atoms with Crippen molar-refractivity contribution >= 4 is 0 Å². The number of ether oxygens (including phenoxy) is 1. The topological polar surface area (TPSA) is 85.2 Å². The van der Waals surface area contributed by atoms with E-state index in [1.165, 1.54) is 6.07 Å². The quantitative estimate of drug-likeness (QED) is 0.628. The zero-order chi connectivity index (χ0) is 15.5. The van der Waals surface area contributed by atoms with Crippen molar-refractivity contribution in [1.82, 2.24) is 10.2 Å². The minimum absolute atomic E-state index is 0.0394. The predicted octanol–water partition coefficient (Wildman–Crippen LogP) is 1.18. The molecule has 2 aliphatic rings. The van der Waals surface area contributed by atoms with Gasteiger partial charge in [0, 0.05) is 51.0 Å². The molecule has 1 aromatic rings. The minimum Gasteiger partial charge on any atom is -0.504 e. The summed E-state index contributed by atoms with van der Waals surface area (Å²) < 4.78 is 5.46. The molecule has 0 amide bonds. The molecule has 2 saturated heterocycles. The fraction of sp³-hybridized carbons (Fsp3) is 0.625. The summed E-state index contributed by atoms with van der Waals surface area (Å²) in [4.78, 5) is 2.36. The summed E-state index contributed by atoms with van der Waals surface area (Å²) in [5.41, 5.74) is 0.698. The number of benzene rings is 1. The third-order valence-electron chi connectivity index (χ3n) is 4.74. The zero-order valence-electron chi connectivity index (χ0n) is 12.7. The van der Waals surface area contributed by atoms with Crippen LogP contribution in [0.4, 0.5) is 0 Å². The third-order valence-corrected chi connectivity index (χ3v) is 4.74. The molecular formula is C16H24N2O4. The Morgan fingerprint density at radius 3 is 2.41 bits per heavy atom. The fourth-order valence-corrected chi connectivity index (χ4v) is 3.56. The molecule has 1 atom stereocenters. The highest BCUT2D eigenvalue weighted by Crippen LogP contribution is 2.45. The van der Waals surface area contributed by atoms with Crippen molar-refractivity contribution in [3.05, 3.63) is 17.7 Å². The Kier molecular flexibility index (Phi) is 4.71. The van der Waals surface area contributed by atoms with E-state index in [-0.39, 0.29) is 17.5 Å². The lowest BCUT2D eigenvalue weighted by Crippen LogP contribution is -2.47. The molecule has 0 saturated carbocycles. The van der Waals surface area contributed by atoms with Crippen LogP contribution in [0.2, 0.25) is 0 Å². The average Bonchev–Trinajstić information content (AvgIpc) is 2.57. The van der Waals surface area contributed by atoms with Crippen molar-refractivity contribution in [2.75, 3.05) is 39.4 Å². The van der Waals surface area contributed by atoms with Gasteiger partial charge in [-0.2, -0.15) is 0 Å². The number of aromatic hydroxyl groups is 3. The second kappa shape index (κ2) is 6.73. The molecule has 0 bridgehead atoms. The SMILES string of the molecule is Oc1ccc([C@H](C2CCOCC2)N2CCNCC2)c(O)c1O. The van der Waals surface area contributed by atoms with Crippen LogP contribution in [0.25, 0.3) is 0 Å². The molecule has 2 fully saturated rings. The van der Waals surface area contributed by atoms with Gasteiger partial charge in [0.2, 0.25) is 5.75 Å². The smallest absolute Gasteiger partial charge is 0.200 e. The van der Waals surface area contributed by atoms with Crippen LogP contribution < -0.4 is 5.32 Å². The Morgan fingerprint density at radius 1 is 1.05 bits per heavy atom. The number of rotatable bonds is 3. The molecule has 1 aromatic carbocycles. The second-order valence-electron chi connectivity index (χ2n) is 6.05. The van der Waals surface area contributed by atoms with Gasteiger partial charge in [-0.3, -0.25) is 4.90 Å². The number of phenolic OH excluding ortho intramolecular Hbond substituents is 3. The van der Waals surface area contributed by atoms with Crippen LogP contribution in [-0.4, -0.2) is 59.6 Å². The van der Waals surface area contributed by atoms with Gasteiger partial charge in [-0.25, -0.2) is 0 Å². The maximum atomic E-state index is 10.3. The summed E-state index contributed by atoms with van der Waals surface area (Å²) in [5.74, 6) is -0.534. The molecule has 0 aliphatic carbocycles. The second-order valence-corrected chi connectivity index (χ2v) is 6.05. The largest absolute Gasteiger partial charge is 0.504 e. The molecule has 0 unspecified atom stereocenters. The van der Waals surface area contributed by atoms with Crippen LogP contribution in [-0.2, 0) is 4.74 Å². The van der Waals surface area contributed by atoms with Gasteiger partial charge >= 0.3 is 0 Å². The summed E-state index contributed by atoms with van der Waals surface area (Å²) in [5, 5.41) is 33.1. The minimum atomic E-state index is -0.426. The number of nitrogens with one attached hydrogen (secondary N) is 1. The van der Waals surface area contributed by atoms with E-state index in [0.29, 0.717) is 11.5 Å². The van der Waals surface area contributed by atoms with Crippen molar-refractivity contribution in [2.24, 2.45) is 5.92 Å². The summed E-state index contributed by atoms with van der Waals surface area (Å²) in [6.45, 7) is 5.12. The van der Waals surface area contributed by atoms with Gasteiger partial charge in [-0.05, 0) is 30.9 Å². The molecule has 3 rings (SSSR count). The van der Waals surface area contributed by atoms with E-state index in [4.69, 9.17) is 4.74 Å². The maximum Gasteiger partial charge on any atom is 0.200 e. The van der Waals surface area contributed by atoms with E-state index in [0.717, 1.165) is 52.2 Å². The van der Waals surface area contributed by atoms with Crippen LogP contribution in [0.3, 0.4) is 0 Å². The van der Waals surface area contributed by atoms with E-state index in [1.54, 1.807) is 6.07 Å². The van der Waals surface area contributed by atoms with Gasteiger partial charge in [0.15, 0.2) is 11.5 Å². The van der Waals surface area contributed by atoms with Crippen LogP contribution in [0, 0.1) is 5.92 Å². The van der Waals surface area contributed by atoms with Gasteiger partial charge in [-0.15, -0.1) is 0 Å². The van der Waals surface area contributed by atoms with Crippen LogP contribution in [0.5, 0.6) is 17.2 Å². The molecule has 2 heterocycles. The zero-order valence-corrected chi connectivity index (χ0v) is 12.7. The van der Waals surface area contributed by atoms with E-state index in [2.05, 4.69) is 10.2 Å². The van der Waals surface area contributed by atoms with Crippen molar-refractivity contribution < 1.29 is 20.1 Å². The monoisotopic (exact) mass is 308 g/mol. The van der Waals surface area contributed by atoms with Crippen LogP contribution in [0.1, 0.15) is 24.4 Å². The van der Waals surface area contributed by atoms with Crippen LogP contribution >= 0.6 is 0 Å². The number of piperazine rings is 1. The van der Waals surface area contributed by atoms with Crippen molar-refractivity contribution in [1.29, 1.82) is 0 Å². The number of nitrogens with zero attached hydrogens (tertiary/aromatic N) is 1. The first-order chi connectivity index (χ1) is 10.7. The van der Waals surface area contributed by atoms with Crippen molar-refractivity contribution in [2.45, 2.75) is 18.9 Å². The van der Waals surface area contributed by atoms with Crippen LogP contribution in [0.15, 0.2) is 12.1 Å². The van der Waals surface area contributed by atoms with E-state index in [1.807, 2.05) is 0 Å². The highest BCUT2D eigenvalue weighted by molar-refractivity contribution is 5.54. The summed E-state index contributed by atoms with van der Waals surface area (Å²) in [6.07, 6.45) is 1.88. The lowest BCUT2D eigenvalue weighted by Gasteiger charge is -2.41. The maximum absolute atomic E-state index is 10.3. The molecule has 0 spiro atoms. The average molecular weight is 308 g/mol.